The first-order chi connectivity index (χ1) is 14.2. The molecule has 2 heterocycles. The molecule has 0 spiro atoms. The van der Waals surface area contributed by atoms with Crippen LogP contribution in [0.2, 0.25) is 0 Å². The maximum absolute atomic E-state index is 5.40. The average Bonchev–Trinajstić information content (AvgIpc) is 3.41. The van der Waals surface area contributed by atoms with Gasteiger partial charge >= 0.3 is 0 Å². The molecule has 0 N–H and O–H groups in total. The Bertz CT molecular complexity index is 1090. The molecule has 4 aromatic rings. The van der Waals surface area contributed by atoms with Gasteiger partial charge in [0.15, 0.2) is 16.8 Å². The van der Waals surface area contributed by atoms with Gasteiger partial charge in [-0.1, -0.05) is 54.2 Å². The summed E-state index contributed by atoms with van der Waals surface area (Å²) in [6.07, 6.45) is 0.737. The van der Waals surface area contributed by atoms with Crippen LogP contribution in [0.4, 0.5) is 0 Å². The van der Waals surface area contributed by atoms with Gasteiger partial charge in [-0.2, -0.15) is 4.98 Å². The predicted molar refractivity (Wildman–Crippen MR) is 111 cm³/mol. The van der Waals surface area contributed by atoms with Crippen molar-refractivity contribution in [3.05, 3.63) is 66.3 Å². The van der Waals surface area contributed by atoms with Crippen molar-refractivity contribution in [2.45, 2.75) is 30.7 Å². The number of para-hydroxylation sites is 1. The summed E-state index contributed by atoms with van der Waals surface area (Å²) >= 11 is 1.53. The number of aryl methyl sites for hydroxylation is 1. The minimum Gasteiger partial charge on any atom is -0.497 e. The molecule has 1 unspecified atom stereocenters. The van der Waals surface area contributed by atoms with Gasteiger partial charge in [0.05, 0.1) is 12.4 Å². The normalized spacial score (nSPS) is 12.1. The summed E-state index contributed by atoms with van der Waals surface area (Å²) in [5.41, 5.74) is 1.90. The van der Waals surface area contributed by atoms with Gasteiger partial charge < -0.3 is 9.26 Å². The van der Waals surface area contributed by atoms with E-state index in [1.807, 2.05) is 73.0 Å². The molecule has 148 valence electrons. The zero-order valence-corrected chi connectivity index (χ0v) is 17.3. The van der Waals surface area contributed by atoms with Crippen molar-refractivity contribution in [2.75, 3.05) is 7.11 Å². The summed E-state index contributed by atoms with van der Waals surface area (Å²) in [6, 6.07) is 17.8. The zero-order chi connectivity index (χ0) is 20.2. The lowest BCUT2D eigenvalue weighted by atomic mass is 10.2. The SMILES string of the molecule is CCc1noc(C(C)Sc2nnc(-c3cccc(OC)c3)n2-c2ccccc2)n1. The van der Waals surface area contributed by atoms with Crippen molar-refractivity contribution in [3.63, 3.8) is 0 Å². The Kier molecular flexibility index (Phi) is 5.62. The average molecular weight is 407 g/mol. The highest BCUT2D eigenvalue weighted by molar-refractivity contribution is 7.99. The van der Waals surface area contributed by atoms with Crippen LogP contribution in [-0.2, 0) is 6.42 Å². The standard InChI is InChI=1S/C21H21N5O2S/c1-4-18-22-20(28-25-18)14(2)29-21-24-23-19(15-9-8-12-17(13-15)27-3)26(21)16-10-6-5-7-11-16/h5-14H,4H2,1-3H3. The molecule has 0 fully saturated rings. The second-order valence-corrected chi connectivity index (χ2v) is 7.68. The van der Waals surface area contributed by atoms with Crippen molar-refractivity contribution < 1.29 is 9.26 Å². The summed E-state index contributed by atoms with van der Waals surface area (Å²) in [7, 11) is 1.65. The van der Waals surface area contributed by atoms with Gasteiger partial charge in [-0.25, -0.2) is 0 Å². The van der Waals surface area contributed by atoms with Crippen LogP contribution in [0.5, 0.6) is 5.75 Å². The van der Waals surface area contributed by atoms with Gasteiger partial charge in [-0.15, -0.1) is 10.2 Å². The van der Waals surface area contributed by atoms with Gasteiger partial charge in [0.2, 0.25) is 5.89 Å². The van der Waals surface area contributed by atoms with Crippen LogP contribution in [0, 0.1) is 0 Å². The Morgan fingerprint density at radius 3 is 2.66 bits per heavy atom. The van der Waals surface area contributed by atoms with Crippen molar-refractivity contribution >= 4 is 11.8 Å². The lowest BCUT2D eigenvalue weighted by molar-refractivity contribution is 0.375. The third kappa shape index (κ3) is 4.02. The Morgan fingerprint density at radius 2 is 1.93 bits per heavy atom. The number of ether oxygens (including phenoxy) is 1. The molecule has 2 aromatic carbocycles. The minimum absolute atomic E-state index is 0.0624. The van der Waals surface area contributed by atoms with E-state index in [-0.39, 0.29) is 5.25 Å². The molecule has 0 amide bonds. The third-order valence-corrected chi connectivity index (χ3v) is 5.44. The molecule has 8 heteroatoms. The third-order valence-electron chi connectivity index (χ3n) is 4.41. The number of aromatic nitrogens is 5. The molecule has 2 aromatic heterocycles. The van der Waals surface area contributed by atoms with E-state index in [9.17, 15) is 0 Å². The molecule has 0 saturated heterocycles. The quantitative estimate of drug-likeness (QED) is 0.409. The van der Waals surface area contributed by atoms with Crippen LogP contribution in [0.25, 0.3) is 17.1 Å². The molecule has 7 nitrogen and oxygen atoms in total. The van der Waals surface area contributed by atoms with Gasteiger partial charge in [0.25, 0.3) is 0 Å². The van der Waals surface area contributed by atoms with E-state index in [4.69, 9.17) is 9.26 Å². The van der Waals surface area contributed by atoms with E-state index in [0.29, 0.717) is 11.7 Å². The molecular formula is C21H21N5O2S. The van der Waals surface area contributed by atoms with Gasteiger partial charge in [-0.3, -0.25) is 4.57 Å². The maximum atomic E-state index is 5.40. The van der Waals surface area contributed by atoms with Crippen LogP contribution < -0.4 is 4.74 Å². The van der Waals surface area contributed by atoms with Crippen molar-refractivity contribution in [1.29, 1.82) is 0 Å². The fourth-order valence-corrected chi connectivity index (χ4v) is 3.79. The fourth-order valence-electron chi connectivity index (χ4n) is 2.89. The maximum Gasteiger partial charge on any atom is 0.239 e. The molecular weight excluding hydrogens is 386 g/mol. The Hall–Kier alpha value is -3.13. The van der Waals surface area contributed by atoms with E-state index in [2.05, 4.69) is 20.3 Å². The summed E-state index contributed by atoms with van der Waals surface area (Å²) in [6.45, 7) is 4.02. The number of thioether (sulfide) groups is 1. The molecule has 0 bridgehead atoms. The first kappa shape index (κ1) is 19.2. The van der Waals surface area contributed by atoms with Crippen LogP contribution >= 0.6 is 11.8 Å². The van der Waals surface area contributed by atoms with Crippen molar-refractivity contribution in [3.8, 4) is 22.8 Å². The summed E-state index contributed by atoms with van der Waals surface area (Å²) in [5, 5.41) is 13.6. The van der Waals surface area contributed by atoms with Crippen LogP contribution in [0.1, 0.15) is 30.8 Å². The monoisotopic (exact) mass is 407 g/mol. The number of hydrogen-bond donors (Lipinski definition) is 0. The Morgan fingerprint density at radius 1 is 1.10 bits per heavy atom. The summed E-state index contributed by atoms with van der Waals surface area (Å²) in [5.74, 6) is 2.79. The van der Waals surface area contributed by atoms with E-state index in [0.717, 1.165) is 34.4 Å². The molecule has 0 saturated carbocycles. The molecule has 4 rings (SSSR count). The molecule has 0 aliphatic rings. The smallest absolute Gasteiger partial charge is 0.239 e. The highest BCUT2D eigenvalue weighted by Crippen LogP contribution is 2.36. The molecule has 0 aliphatic heterocycles. The molecule has 1 atom stereocenters. The second-order valence-electron chi connectivity index (χ2n) is 6.37. The highest BCUT2D eigenvalue weighted by atomic mass is 32.2. The van der Waals surface area contributed by atoms with Crippen molar-refractivity contribution in [2.24, 2.45) is 0 Å². The first-order valence-corrected chi connectivity index (χ1v) is 10.2. The Labute approximate surface area is 173 Å². The van der Waals surface area contributed by atoms with E-state index < -0.39 is 0 Å². The summed E-state index contributed by atoms with van der Waals surface area (Å²) < 4.78 is 12.8. The van der Waals surface area contributed by atoms with Gasteiger partial charge in [-0.05, 0) is 31.2 Å². The molecule has 0 radical (unpaired) electrons. The van der Waals surface area contributed by atoms with E-state index in [1.165, 1.54) is 11.8 Å². The fraction of sp³-hybridized carbons (Fsp3) is 0.238. The van der Waals surface area contributed by atoms with Crippen LogP contribution in [0.15, 0.2) is 64.3 Å². The minimum atomic E-state index is -0.0624. The van der Waals surface area contributed by atoms with E-state index in [1.54, 1.807) is 7.11 Å². The lowest BCUT2D eigenvalue weighted by Gasteiger charge is -2.12. The number of rotatable bonds is 7. The molecule has 29 heavy (non-hydrogen) atoms. The zero-order valence-electron chi connectivity index (χ0n) is 16.4. The largest absolute Gasteiger partial charge is 0.497 e. The number of benzene rings is 2. The molecule has 0 aliphatic carbocycles. The topological polar surface area (TPSA) is 78.9 Å². The second kappa shape index (κ2) is 8.48. The van der Waals surface area contributed by atoms with Gasteiger partial charge in [0, 0.05) is 17.7 Å². The van der Waals surface area contributed by atoms with Crippen molar-refractivity contribution in [1.82, 2.24) is 24.9 Å². The highest BCUT2D eigenvalue weighted by Gasteiger charge is 2.22. The number of nitrogens with zero attached hydrogens (tertiary/aromatic N) is 5. The van der Waals surface area contributed by atoms with E-state index >= 15 is 0 Å². The lowest BCUT2D eigenvalue weighted by Crippen LogP contribution is -2.01. The first-order valence-electron chi connectivity index (χ1n) is 9.34. The number of hydrogen-bond acceptors (Lipinski definition) is 7. The summed E-state index contributed by atoms with van der Waals surface area (Å²) in [4.78, 5) is 4.44. The van der Waals surface area contributed by atoms with Crippen LogP contribution in [0.3, 0.4) is 0 Å². The Balaban J connectivity index is 1.75. The predicted octanol–water partition coefficient (Wildman–Crippen LogP) is 4.74. The van der Waals surface area contributed by atoms with Crippen LogP contribution in [-0.4, -0.2) is 32.0 Å². The number of methoxy groups -OCH3 is 1. The van der Waals surface area contributed by atoms with Gasteiger partial charge in [0.1, 0.15) is 5.75 Å².